The molecule has 2 aliphatic rings. The van der Waals surface area contributed by atoms with E-state index in [0.717, 1.165) is 39.0 Å². The largest absolute Gasteiger partial charge is 0.395 e. The Hall–Kier alpha value is -3.05. The van der Waals surface area contributed by atoms with Gasteiger partial charge in [-0.1, -0.05) is 18.2 Å². The van der Waals surface area contributed by atoms with Gasteiger partial charge in [-0.25, -0.2) is 0 Å². The Bertz CT molecular complexity index is 840. The third-order valence-corrected chi connectivity index (χ3v) is 5.02. The van der Waals surface area contributed by atoms with Gasteiger partial charge in [0, 0.05) is 44.5 Å². The Balaban J connectivity index is 1.56. The lowest BCUT2D eigenvalue weighted by Gasteiger charge is -2.37. The number of rotatable bonds is 7. The smallest absolute Gasteiger partial charge is 0.226 e. The molecule has 146 valence electrons. The molecule has 8 heteroatoms. The molecule has 1 aliphatic carbocycles. The summed E-state index contributed by atoms with van der Waals surface area (Å²) in [5.41, 5.74) is 1.65. The number of nitriles is 1. The first-order valence-corrected chi connectivity index (χ1v) is 9.77. The molecule has 1 aromatic heterocycles. The van der Waals surface area contributed by atoms with Gasteiger partial charge >= 0.3 is 0 Å². The van der Waals surface area contributed by atoms with Crippen LogP contribution in [0.5, 0.6) is 0 Å². The lowest BCUT2D eigenvalue weighted by atomic mass is 10.2. The standard InChI is InChI=1S/C20H25N7O/c21-14-17-18(22-8-13-28)24-20(23-15-6-7-15)25-19(17)27-11-9-26(10-12-27)16-4-2-1-3-5-16/h1-5,15,28H,6-13H2,(H2,22,23,24,25). The van der Waals surface area contributed by atoms with Gasteiger partial charge in [-0.05, 0) is 25.0 Å². The maximum Gasteiger partial charge on any atom is 0.226 e. The van der Waals surface area contributed by atoms with E-state index in [1.807, 2.05) is 6.07 Å². The fourth-order valence-corrected chi connectivity index (χ4v) is 3.37. The van der Waals surface area contributed by atoms with Gasteiger partial charge in [0.15, 0.2) is 11.6 Å². The van der Waals surface area contributed by atoms with Crippen molar-refractivity contribution in [2.24, 2.45) is 0 Å². The van der Waals surface area contributed by atoms with Crippen molar-refractivity contribution in [3.63, 3.8) is 0 Å². The van der Waals surface area contributed by atoms with Crippen LogP contribution < -0.4 is 20.4 Å². The predicted octanol–water partition coefficient (Wildman–Crippen LogP) is 1.65. The van der Waals surface area contributed by atoms with Gasteiger partial charge in [0.2, 0.25) is 5.95 Å². The van der Waals surface area contributed by atoms with Crippen LogP contribution in [-0.2, 0) is 0 Å². The van der Waals surface area contributed by atoms with Crippen molar-refractivity contribution in [2.45, 2.75) is 18.9 Å². The van der Waals surface area contributed by atoms with Crippen LogP contribution in [-0.4, -0.2) is 60.4 Å². The summed E-state index contributed by atoms with van der Waals surface area (Å²) in [7, 11) is 0. The van der Waals surface area contributed by atoms with Gasteiger partial charge in [-0.15, -0.1) is 0 Å². The van der Waals surface area contributed by atoms with Crippen LogP contribution in [0, 0.1) is 11.3 Å². The van der Waals surface area contributed by atoms with E-state index in [0.29, 0.717) is 35.7 Å². The van der Waals surface area contributed by atoms with Gasteiger partial charge in [-0.2, -0.15) is 15.2 Å². The first kappa shape index (κ1) is 18.3. The summed E-state index contributed by atoms with van der Waals surface area (Å²) in [6.07, 6.45) is 2.24. The van der Waals surface area contributed by atoms with Crippen molar-refractivity contribution in [3.05, 3.63) is 35.9 Å². The van der Waals surface area contributed by atoms with Gasteiger partial charge in [0.25, 0.3) is 0 Å². The molecular formula is C20H25N7O. The van der Waals surface area contributed by atoms with Crippen LogP contribution in [0.3, 0.4) is 0 Å². The SMILES string of the molecule is N#Cc1c(NCCO)nc(NC2CC2)nc1N1CCN(c2ccccc2)CC1. The Morgan fingerprint density at radius 3 is 2.43 bits per heavy atom. The second-order valence-electron chi connectivity index (χ2n) is 7.08. The maximum absolute atomic E-state index is 9.75. The number of anilines is 4. The predicted molar refractivity (Wildman–Crippen MR) is 110 cm³/mol. The first-order chi connectivity index (χ1) is 13.8. The summed E-state index contributed by atoms with van der Waals surface area (Å²) < 4.78 is 0. The number of piperazine rings is 1. The molecule has 8 nitrogen and oxygen atoms in total. The molecule has 0 atom stereocenters. The second kappa shape index (κ2) is 8.31. The number of aliphatic hydroxyl groups excluding tert-OH is 1. The average Bonchev–Trinajstić information content (AvgIpc) is 3.56. The number of aromatic nitrogens is 2. The van der Waals surface area contributed by atoms with E-state index in [1.165, 1.54) is 5.69 Å². The molecule has 1 saturated heterocycles. The highest BCUT2D eigenvalue weighted by Crippen LogP contribution is 2.30. The van der Waals surface area contributed by atoms with Crippen molar-refractivity contribution < 1.29 is 5.11 Å². The summed E-state index contributed by atoms with van der Waals surface area (Å²) in [5, 5.41) is 25.3. The highest BCUT2D eigenvalue weighted by molar-refractivity contribution is 5.68. The third kappa shape index (κ3) is 4.10. The second-order valence-corrected chi connectivity index (χ2v) is 7.08. The van der Waals surface area contributed by atoms with Crippen molar-refractivity contribution in [1.82, 2.24) is 9.97 Å². The number of aliphatic hydroxyl groups is 1. The van der Waals surface area contributed by atoms with Crippen molar-refractivity contribution >= 4 is 23.3 Å². The molecule has 2 heterocycles. The molecule has 28 heavy (non-hydrogen) atoms. The van der Waals surface area contributed by atoms with Crippen LogP contribution in [0.15, 0.2) is 30.3 Å². The molecular weight excluding hydrogens is 354 g/mol. The highest BCUT2D eigenvalue weighted by Gasteiger charge is 2.26. The fourth-order valence-electron chi connectivity index (χ4n) is 3.37. The summed E-state index contributed by atoms with van der Waals surface area (Å²) in [4.78, 5) is 13.6. The minimum Gasteiger partial charge on any atom is -0.395 e. The van der Waals surface area contributed by atoms with Crippen LogP contribution in [0.2, 0.25) is 0 Å². The molecule has 0 radical (unpaired) electrons. The van der Waals surface area contributed by atoms with E-state index in [9.17, 15) is 5.26 Å². The Morgan fingerprint density at radius 1 is 1.07 bits per heavy atom. The van der Waals surface area contributed by atoms with Crippen molar-refractivity contribution in [1.29, 1.82) is 5.26 Å². The number of nitrogens with zero attached hydrogens (tertiary/aromatic N) is 5. The van der Waals surface area contributed by atoms with E-state index < -0.39 is 0 Å². The molecule has 1 saturated carbocycles. The van der Waals surface area contributed by atoms with Crippen LogP contribution in [0.25, 0.3) is 0 Å². The molecule has 0 amide bonds. The number of hydrogen-bond donors (Lipinski definition) is 3. The zero-order valence-corrected chi connectivity index (χ0v) is 15.8. The van der Waals surface area contributed by atoms with E-state index >= 15 is 0 Å². The molecule has 3 N–H and O–H groups in total. The zero-order chi connectivity index (χ0) is 19.3. The number of nitrogens with one attached hydrogen (secondary N) is 2. The number of para-hydroxylation sites is 1. The molecule has 1 aliphatic heterocycles. The average molecular weight is 379 g/mol. The normalized spacial score (nSPS) is 16.6. The van der Waals surface area contributed by atoms with E-state index in [4.69, 9.17) is 5.11 Å². The quantitative estimate of drug-likeness (QED) is 0.668. The van der Waals surface area contributed by atoms with Gasteiger partial charge in [-0.3, -0.25) is 0 Å². The molecule has 0 spiro atoms. The molecule has 0 unspecified atom stereocenters. The molecule has 2 fully saturated rings. The molecule has 0 bridgehead atoms. The van der Waals surface area contributed by atoms with Gasteiger partial charge in [0.05, 0.1) is 6.61 Å². The number of benzene rings is 1. The minimum atomic E-state index is -0.0225. The van der Waals surface area contributed by atoms with E-state index in [1.54, 1.807) is 0 Å². The topological polar surface area (TPSA) is 100 Å². The third-order valence-electron chi connectivity index (χ3n) is 5.02. The van der Waals surface area contributed by atoms with Crippen molar-refractivity contribution in [3.8, 4) is 6.07 Å². The highest BCUT2D eigenvalue weighted by atomic mass is 16.3. The molecule has 4 rings (SSSR count). The van der Waals surface area contributed by atoms with Crippen LogP contribution >= 0.6 is 0 Å². The zero-order valence-electron chi connectivity index (χ0n) is 15.8. The molecule has 1 aromatic carbocycles. The van der Waals surface area contributed by atoms with Crippen molar-refractivity contribution in [2.75, 3.05) is 59.8 Å². The Morgan fingerprint density at radius 2 is 1.79 bits per heavy atom. The maximum atomic E-state index is 9.75. The Kier molecular flexibility index (Phi) is 5.44. The van der Waals surface area contributed by atoms with E-state index in [2.05, 4.69) is 60.7 Å². The van der Waals surface area contributed by atoms with Gasteiger partial charge in [0.1, 0.15) is 11.6 Å². The lowest BCUT2D eigenvalue weighted by Crippen LogP contribution is -2.47. The molecule has 2 aromatic rings. The summed E-state index contributed by atoms with van der Waals surface area (Å²) in [6.45, 7) is 3.61. The number of hydrogen-bond acceptors (Lipinski definition) is 8. The summed E-state index contributed by atoms with van der Waals surface area (Å²) in [5.74, 6) is 1.69. The Labute approximate surface area is 164 Å². The van der Waals surface area contributed by atoms with Crippen LogP contribution in [0.4, 0.5) is 23.3 Å². The first-order valence-electron chi connectivity index (χ1n) is 9.77. The summed E-state index contributed by atoms with van der Waals surface area (Å²) >= 11 is 0. The monoisotopic (exact) mass is 379 g/mol. The van der Waals surface area contributed by atoms with E-state index in [-0.39, 0.29) is 6.61 Å². The fraction of sp³-hybridized carbons (Fsp3) is 0.450. The minimum absolute atomic E-state index is 0.0225. The summed E-state index contributed by atoms with van der Waals surface area (Å²) in [6, 6.07) is 13.0. The van der Waals surface area contributed by atoms with Crippen LogP contribution in [0.1, 0.15) is 18.4 Å². The van der Waals surface area contributed by atoms with Gasteiger partial charge < -0.3 is 25.5 Å². The lowest BCUT2D eigenvalue weighted by molar-refractivity contribution is 0.311.